The zero-order valence-electron chi connectivity index (χ0n) is 47.4. The maximum absolute atomic E-state index is 12.9. The van der Waals surface area contributed by atoms with E-state index in [9.17, 15) is 14.4 Å². The first-order valence-corrected chi connectivity index (χ1v) is 30.0. The van der Waals surface area contributed by atoms with E-state index in [1.807, 2.05) is 6.08 Å². The summed E-state index contributed by atoms with van der Waals surface area (Å²) in [7, 11) is 0. The Balaban J connectivity index is 4.52. The number of esters is 3. The Morgan fingerprint density at radius 1 is 0.288 bits per heavy atom. The van der Waals surface area contributed by atoms with E-state index in [1.54, 1.807) is 0 Å². The van der Waals surface area contributed by atoms with Crippen molar-refractivity contribution in [2.75, 3.05) is 13.2 Å². The third-order valence-corrected chi connectivity index (χ3v) is 12.4. The fourth-order valence-electron chi connectivity index (χ4n) is 8.01. The Bertz CT molecular complexity index is 1540. The van der Waals surface area contributed by atoms with Crippen molar-refractivity contribution in [1.29, 1.82) is 0 Å². The predicted molar refractivity (Wildman–Crippen MR) is 316 cm³/mol. The van der Waals surface area contributed by atoms with Crippen LogP contribution >= 0.6 is 0 Å². The van der Waals surface area contributed by atoms with Crippen molar-refractivity contribution in [3.05, 3.63) is 122 Å². The Morgan fingerprint density at radius 3 is 0.932 bits per heavy atom. The summed E-state index contributed by atoms with van der Waals surface area (Å²) in [6.45, 7) is 6.35. The topological polar surface area (TPSA) is 78.9 Å². The molecule has 6 heteroatoms. The van der Waals surface area contributed by atoms with Gasteiger partial charge in [-0.2, -0.15) is 0 Å². The van der Waals surface area contributed by atoms with Gasteiger partial charge in [0.1, 0.15) is 13.2 Å². The summed E-state index contributed by atoms with van der Waals surface area (Å²) in [5.41, 5.74) is 0. The summed E-state index contributed by atoms with van der Waals surface area (Å²) < 4.78 is 16.8. The van der Waals surface area contributed by atoms with Crippen molar-refractivity contribution in [3.63, 3.8) is 0 Å². The molecule has 73 heavy (non-hydrogen) atoms. The van der Waals surface area contributed by atoms with Gasteiger partial charge in [0, 0.05) is 19.3 Å². The quantitative estimate of drug-likeness (QED) is 0.0261. The average Bonchev–Trinajstić information content (AvgIpc) is 3.39. The number of rotatable bonds is 53. The maximum atomic E-state index is 12.9. The molecule has 6 nitrogen and oxygen atoms in total. The van der Waals surface area contributed by atoms with Crippen LogP contribution in [0.2, 0.25) is 0 Å². The molecule has 0 amide bonds. The van der Waals surface area contributed by atoms with Gasteiger partial charge >= 0.3 is 17.9 Å². The van der Waals surface area contributed by atoms with E-state index in [4.69, 9.17) is 14.2 Å². The van der Waals surface area contributed by atoms with Gasteiger partial charge < -0.3 is 14.2 Å². The number of allylic oxidation sites excluding steroid dienone is 20. The zero-order valence-corrected chi connectivity index (χ0v) is 47.4. The van der Waals surface area contributed by atoms with E-state index >= 15 is 0 Å². The molecular weight excluding hydrogens is 901 g/mol. The van der Waals surface area contributed by atoms with Gasteiger partial charge in [0.05, 0.1) is 0 Å². The molecule has 1 atom stereocenters. The van der Waals surface area contributed by atoms with Crippen LogP contribution < -0.4 is 0 Å². The average molecular weight is 1010 g/mol. The molecule has 0 aliphatic carbocycles. The van der Waals surface area contributed by atoms with Crippen LogP contribution in [0.1, 0.15) is 265 Å². The van der Waals surface area contributed by atoms with Crippen molar-refractivity contribution < 1.29 is 28.6 Å². The second kappa shape index (κ2) is 60.4. The van der Waals surface area contributed by atoms with Gasteiger partial charge in [0.15, 0.2) is 6.10 Å². The molecule has 0 rings (SSSR count). The number of hydrogen-bond donors (Lipinski definition) is 0. The Hall–Kier alpha value is -4.19. The number of carbonyl (C=O) groups excluding carboxylic acids is 3. The first kappa shape index (κ1) is 68.8. The molecule has 414 valence electrons. The molecule has 0 saturated heterocycles. The summed E-state index contributed by atoms with van der Waals surface area (Å²) in [6.07, 6.45) is 83.4. The van der Waals surface area contributed by atoms with Gasteiger partial charge in [-0.15, -0.1) is 0 Å². The molecule has 1 unspecified atom stereocenters. The highest BCUT2D eigenvalue weighted by Crippen LogP contribution is 2.15. The van der Waals surface area contributed by atoms with E-state index in [2.05, 4.69) is 136 Å². The van der Waals surface area contributed by atoms with Gasteiger partial charge in [-0.3, -0.25) is 14.4 Å². The van der Waals surface area contributed by atoms with Crippen LogP contribution in [0.5, 0.6) is 0 Å². The largest absolute Gasteiger partial charge is 0.462 e. The van der Waals surface area contributed by atoms with Crippen LogP contribution in [-0.4, -0.2) is 37.2 Å². The SMILES string of the molecule is CC/C=C\C/C=C\C/C=C\C/C=C\C/C=C\C/C=C\CCC(=O)OCC(COC(=O)CCCCCCCCC/C=C\C/C=C\C/C=C\CC)OC(=O)CCCCCCCCCCC/C=C\CCCCCCCC. The molecule has 0 bridgehead atoms. The molecular formula is C67H110O6. The minimum Gasteiger partial charge on any atom is -0.462 e. The molecule has 0 aliphatic heterocycles. The lowest BCUT2D eigenvalue weighted by atomic mass is 10.1. The lowest BCUT2D eigenvalue weighted by Gasteiger charge is -2.18. The molecule has 0 N–H and O–H groups in total. The van der Waals surface area contributed by atoms with Crippen LogP contribution in [0.3, 0.4) is 0 Å². The van der Waals surface area contributed by atoms with E-state index < -0.39 is 6.10 Å². The summed E-state index contributed by atoms with van der Waals surface area (Å²) >= 11 is 0. The standard InChI is InChI=1S/C67H110O6/c1-4-7-10-13-16-19-22-25-28-31-33-36-39-42-45-48-51-54-57-60-66(69)72-63-64(62-71-65(68)59-56-53-50-47-44-41-38-35-30-27-24-21-18-15-12-9-6-3)73-67(70)61-58-55-52-49-46-43-40-37-34-32-29-26-23-20-17-14-11-8-5-2/h7,9-10,12,16,18-19,21,25-30,33,36,42,45,51,54,64H,4-6,8,11,13-15,17,20,22-24,31-32,34-35,37-41,43-44,46-50,52-53,55-63H2,1-3H3/b10-7-,12-9-,19-16-,21-18-,28-25-,29-26-,30-27-,36-33-,45-42-,54-51-. The third-order valence-electron chi connectivity index (χ3n) is 12.4. The van der Waals surface area contributed by atoms with Crippen LogP contribution in [-0.2, 0) is 28.6 Å². The predicted octanol–water partition coefficient (Wildman–Crippen LogP) is 20.4. The first-order chi connectivity index (χ1) is 36.0. The van der Waals surface area contributed by atoms with Crippen LogP contribution in [0, 0.1) is 0 Å². The van der Waals surface area contributed by atoms with Gasteiger partial charge in [0.25, 0.3) is 0 Å². The first-order valence-electron chi connectivity index (χ1n) is 30.0. The van der Waals surface area contributed by atoms with Crippen molar-refractivity contribution in [2.45, 2.75) is 271 Å². The molecule has 0 aromatic carbocycles. The van der Waals surface area contributed by atoms with Crippen molar-refractivity contribution >= 4 is 17.9 Å². The van der Waals surface area contributed by atoms with Crippen molar-refractivity contribution in [2.24, 2.45) is 0 Å². The number of hydrogen-bond acceptors (Lipinski definition) is 6. The molecule has 0 aromatic rings. The normalized spacial score (nSPS) is 13.0. The minimum atomic E-state index is -0.818. The third kappa shape index (κ3) is 58.6. The molecule has 0 radical (unpaired) electrons. The van der Waals surface area contributed by atoms with E-state index in [0.29, 0.717) is 19.3 Å². The highest BCUT2D eigenvalue weighted by molar-refractivity contribution is 5.71. The zero-order chi connectivity index (χ0) is 52.9. The minimum absolute atomic E-state index is 0.110. The fourth-order valence-corrected chi connectivity index (χ4v) is 8.01. The Labute approximate surface area is 450 Å². The maximum Gasteiger partial charge on any atom is 0.306 e. The van der Waals surface area contributed by atoms with Gasteiger partial charge in [-0.1, -0.05) is 251 Å². The number of unbranched alkanes of at least 4 members (excludes halogenated alkanes) is 22. The van der Waals surface area contributed by atoms with E-state index in [1.165, 1.54) is 116 Å². The van der Waals surface area contributed by atoms with Gasteiger partial charge in [0.2, 0.25) is 0 Å². The van der Waals surface area contributed by atoms with Gasteiger partial charge in [-0.25, -0.2) is 0 Å². The summed E-state index contributed by atoms with van der Waals surface area (Å²) in [5, 5.41) is 0. The van der Waals surface area contributed by atoms with Crippen LogP contribution in [0.15, 0.2) is 122 Å². The second-order valence-electron chi connectivity index (χ2n) is 19.5. The molecule has 0 spiro atoms. The second-order valence-corrected chi connectivity index (χ2v) is 19.5. The molecule has 0 aromatic heterocycles. The van der Waals surface area contributed by atoms with Crippen LogP contribution in [0.25, 0.3) is 0 Å². The lowest BCUT2D eigenvalue weighted by Crippen LogP contribution is -2.30. The van der Waals surface area contributed by atoms with Crippen LogP contribution in [0.4, 0.5) is 0 Å². The summed E-state index contributed by atoms with van der Waals surface area (Å²) in [5.74, 6) is -1.01. The molecule has 0 heterocycles. The lowest BCUT2D eigenvalue weighted by molar-refractivity contribution is -0.166. The fraction of sp³-hybridized carbons (Fsp3) is 0.657. The smallest absolute Gasteiger partial charge is 0.306 e. The van der Waals surface area contributed by atoms with Crippen molar-refractivity contribution in [3.8, 4) is 0 Å². The molecule has 0 aliphatic rings. The Kier molecular flexibility index (Phi) is 56.9. The highest BCUT2D eigenvalue weighted by atomic mass is 16.6. The van der Waals surface area contributed by atoms with E-state index in [0.717, 1.165) is 103 Å². The monoisotopic (exact) mass is 1010 g/mol. The summed E-state index contributed by atoms with van der Waals surface area (Å²) in [4.78, 5) is 38.2. The highest BCUT2D eigenvalue weighted by Gasteiger charge is 2.19. The van der Waals surface area contributed by atoms with E-state index in [-0.39, 0.29) is 37.5 Å². The molecule has 0 saturated carbocycles. The van der Waals surface area contributed by atoms with Crippen molar-refractivity contribution in [1.82, 2.24) is 0 Å². The number of ether oxygens (including phenoxy) is 3. The Morgan fingerprint density at radius 2 is 0.562 bits per heavy atom. The number of carbonyl (C=O) groups is 3. The summed E-state index contributed by atoms with van der Waals surface area (Å²) in [6, 6.07) is 0. The molecule has 0 fully saturated rings. The van der Waals surface area contributed by atoms with Gasteiger partial charge in [-0.05, 0) is 116 Å².